The summed E-state index contributed by atoms with van der Waals surface area (Å²) in [4.78, 5) is 11.8. The summed E-state index contributed by atoms with van der Waals surface area (Å²) in [6.45, 7) is 6.55. The van der Waals surface area contributed by atoms with Gasteiger partial charge in [0.15, 0.2) is 0 Å². The average Bonchev–Trinajstić information content (AvgIpc) is 2.45. The van der Waals surface area contributed by atoms with Gasteiger partial charge in [-0.3, -0.25) is 4.79 Å². The maximum absolute atomic E-state index is 11.8. The smallest absolute Gasteiger partial charge is 0.230 e. The van der Waals surface area contributed by atoms with E-state index in [1.165, 1.54) is 16.7 Å². The predicted molar refractivity (Wildman–Crippen MR) is 85.6 cm³/mol. The Morgan fingerprint density at radius 3 is 2.71 bits per heavy atom. The summed E-state index contributed by atoms with van der Waals surface area (Å²) in [5, 5.41) is 2.90. The molecular formula is C16H23NO3S. The Morgan fingerprint density at radius 1 is 1.29 bits per heavy atom. The first-order valence-corrected chi connectivity index (χ1v) is 8.40. The third kappa shape index (κ3) is 6.08. The number of nitrogens with one attached hydrogen (secondary N) is 1. The highest BCUT2D eigenvalue weighted by atomic mass is 32.2. The number of carbonyl (C=O) groups is 1. The SMILES string of the molecule is Cc1cc(C)cc(CSCC(=O)NC[C@@H]2COCCO2)c1. The molecule has 0 bridgehead atoms. The van der Waals surface area contributed by atoms with Crippen molar-refractivity contribution in [3.05, 3.63) is 34.9 Å². The van der Waals surface area contributed by atoms with Crippen LogP contribution in [0.5, 0.6) is 0 Å². The molecule has 1 aliphatic rings. The van der Waals surface area contributed by atoms with Crippen LogP contribution >= 0.6 is 11.8 Å². The second kappa shape index (κ2) is 8.41. The van der Waals surface area contributed by atoms with Crippen molar-refractivity contribution in [1.29, 1.82) is 0 Å². The molecule has 1 saturated heterocycles. The maximum Gasteiger partial charge on any atom is 0.230 e. The summed E-state index contributed by atoms with van der Waals surface area (Å²) >= 11 is 1.63. The van der Waals surface area contributed by atoms with Crippen molar-refractivity contribution in [3.8, 4) is 0 Å². The van der Waals surface area contributed by atoms with Crippen LogP contribution in [0.15, 0.2) is 18.2 Å². The van der Waals surface area contributed by atoms with Crippen LogP contribution in [0, 0.1) is 13.8 Å². The summed E-state index contributed by atoms with van der Waals surface area (Å²) in [7, 11) is 0. The normalized spacial score (nSPS) is 18.5. The second-order valence-corrected chi connectivity index (χ2v) is 6.35. The lowest BCUT2D eigenvalue weighted by Gasteiger charge is -2.23. The number of carbonyl (C=O) groups excluding carboxylic acids is 1. The summed E-state index contributed by atoms with van der Waals surface area (Å²) in [5.41, 5.74) is 3.81. The molecule has 1 aliphatic heterocycles. The van der Waals surface area contributed by atoms with Gasteiger partial charge in [0, 0.05) is 12.3 Å². The van der Waals surface area contributed by atoms with Gasteiger partial charge in [-0.05, 0) is 19.4 Å². The zero-order valence-corrected chi connectivity index (χ0v) is 13.5. The van der Waals surface area contributed by atoms with Gasteiger partial charge in [0.05, 0.1) is 31.7 Å². The van der Waals surface area contributed by atoms with E-state index in [2.05, 4.69) is 37.4 Å². The first-order chi connectivity index (χ1) is 10.1. The zero-order valence-electron chi connectivity index (χ0n) is 12.7. The minimum Gasteiger partial charge on any atom is -0.376 e. The molecule has 0 aliphatic carbocycles. The molecule has 4 nitrogen and oxygen atoms in total. The number of rotatable bonds is 6. The number of hydrogen-bond donors (Lipinski definition) is 1. The summed E-state index contributed by atoms with van der Waals surface area (Å²) in [6, 6.07) is 6.50. The Morgan fingerprint density at radius 2 is 2.05 bits per heavy atom. The van der Waals surface area contributed by atoms with Gasteiger partial charge < -0.3 is 14.8 Å². The minimum atomic E-state index is -0.00729. The third-order valence-corrected chi connectivity index (χ3v) is 4.20. The van der Waals surface area contributed by atoms with Gasteiger partial charge in [-0.15, -0.1) is 11.8 Å². The van der Waals surface area contributed by atoms with Crippen molar-refractivity contribution in [2.75, 3.05) is 32.1 Å². The van der Waals surface area contributed by atoms with Crippen LogP contribution in [0.25, 0.3) is 0 Å². The molecule has 1 atom stereocenters. The van der Waals surface area contributed by atoms with Crippen LogP contribution in [0.3, 0.4) is 0 Å². The van der Waals surface area contributed by atoms with Crippen molar-refractivity contribution < 1.29 is 14.3 Å². The fourth-order valence-corrected chi connectivity index (χ4v) is 3.14. The van der Waals surface area contributed by atoms with E-state index >= 15 is 0 Å². The predicted octanol–water partition coefficient (Wildman–Crippen LogP) is 2.07. The molecule has 1 amide bonds. The topological polar surface area (TPSA) is 47.6 Å². The number of aryl methyl sites for hydroxylation is 2. The van der Waals surface area contributed by atoms with E-state index in [0.29, 0.717) is 32.1 Å². The van der Waals surface area contributed by atoms with E-state index in [0.717, 1.165) is 5.75 Å². The van der Waals surface area contributed by atoms with E-state index in [9.17, 15) is 4.79 Å². The Kier molecular flexibility index (Phi) is 6.54. The van der Waals surface area contributed by atoms with E-state index in [-0.39, 0.29) is 12.0 Å². The molecule has 1 fully saturated rings. The van der Waals surface area contributed by atoms with Gasteiger partial charge in [0.2, 0.25) is 5.91 Å². The second-order valence-electron chi connectivity index (χ2n) is 5.36. The third-order valence-electron chi connectivity index (χ3n) is 3.20. The Hall–Kier alpha value is -1.04. The molecule has 21 heavy (non-hydrogen) atoms. The first kappa shape index (κ1) is 16.3. The van der Waals surface area contributed by atoms with Crippen LogP contribution in [0.4, 0.5) is 0 Å². The molecule has 1 aromatic rings. The number of amides is 1. The monoisotopic (exact) mass is 309 g/mol. The minimum absolute atomic E-state index is 0.00729. The number of thioether (sulfide) groups is 1. The molecule has 0 spiro atoms. The van der Waals surface area contributed by atoms with Crippen LogP contribution in [0.1, 0.15) is 16.7 Å². The van der Waals surface area contributed by atoms with Crippen molar-refractivity contribution in [3.63, 3.8) is 0 Å². The number of ether oxygens (including phenoxy) is 2. The van der Waals surface area contributed by atoms with Gasteiger partial charge in [-0.2, -0.15) is 0 Å². The fraction of sp³-hybridized carbons (Fsp3) is 0.562. The van der Waals surface area contributed by atoms with Crippen LogP contribution in [-0.4, -0.2) is 44.1 Å². The largest absolute Gasteiger partial charge is 0.376 e. The quantitative estimate of drug-likeness (QED) is 0.874. The maximum atomic E-state index is 11.8. The lowest BCUT2D eigenvalue weighted by Crippen LogP contribution is -2.40. The van der Waals surface area contributed by atoms with Gasteiger partial charge in [-0.25, -0.2) is 0 Å². The highest BCUT2D eigenvalue weighted by Gasteiger charge is 2.15. The van der Waals surface area contributed by atoms with Crippen molar-refractivity contribution >= 4 is 17.7 Å². The van der Waals surface area contributed by atoms with Gasteiger partial charge >= 0.3 is 0 Å². The highest BCUT2D eigenvalue weighted by molar-refractivity contribution is 7.99. The molecule has 0 radical (unpaired) electrons. The lowest BCUT2D eigenvalue weighted by atomic mass is 10.1. The molecule has 0 saturated carbocycles. The van der Waals surface area contributed by atoms with Crippen LogP contribution in [0.2, 0.25) is 0 Å². The molecule has 1 N–H and O–H groups in total. The van der Waals surface area contributed by atoms with E-state index < -0.39 is 0 Å². The summed E-state index contributed by atoms with van der Waals surface area (Å²) < 4.78 is 10.8. The molecule has 0 unspecified atom stereocenters. The standard InChI is InChI=1S/C16H23NO3S/c1-12-5-13(2)7-14(6-12)10-21-11-16(18)17-8-15-9-19-3-4-20-15/h5-7,15H,3-4,8-11H2,1-2H3,(H,17,18)/t15-/m1/s1. The molecular weight excluding hydrogens is 286 g/mol. The van der Waals surface area contributed by atoms with E-state index in [1.807, 2.05) is 0 Å². The molecule has 0 aromatic heterocycles. The molecule has 1 heterocycles. The van der Waals surface area contributed by atoms with E-state index in [1.54, 1.807) is 11.8 Å². The first-order valence-electron chi connectivity index (χ1n) is 7.24. The van der Waals surface area contributed by atoms with Crippen molar-refractivity contribution in [2.45, 2.75) is 25.7 Å². The zero-order chi connectivity index (χ0) is 15.1. The Balaban J connectivity index is 1.64. The summed E-state index contributed by atoms with van der Waals surface area (Å²) in [5.74, 6) is 1.39. The van der Waals surface area contributed by atoms with Crippen molar-refractivity contribution in [1.82, 2.24) is 5.32 Å². The molecule has 1 aromatic carbocycles. The van der Waals surface area contributed by atoms with Gasteiger partial charge in [-0.1, -0.05) is 29.3 Å². The van der Waals surface area contributed by atoms with E-state index in [4.69, 9.17) is 9.47 Å². The highest BCUT2D eigenvalue weighted by Crippen LogP contribution is 2.15. The lowest BCUT2D eigenvalue weighted by molar-refractivity contribution is -0.121. The van der Waals surface area contributed by atoms with Crippen LogP contribution < -0.4 is 5.32 Å². The Labute approximate surface area is 130 Å². The molecule has 116 valence electrons. The Bertz CT molecular complexity index is 452. The van der Waals surface area contributed by atoms with Gasteiger partial charge in [0.25, 0.3) is 0 Å². The van der Waals surface area contributed by atoms with Gasteiger partial charge in [0.1, 0.15) is 0 Å². The molecule has 5 heteroatoms. The summed E-state index contributed by atoms with van der Waals surface area (Å²) in [6.07, 6.45) is -0.00729. The fourth-order valence-electron chi connectivity index (χ4n) is 2.35. The average molecular weight is 309 g/mol. The molecule has 2 rings (SSSR count). The van der Waals surface area contributed by atoms with Crippen LogP contribution in [-0.2, 0) is 20.0 Å². The number of benzene rings is 1. The number of hydrogen-bond acceptors (Lipinski definition) is 4. The van der Waals surface area contributed by atoms with Crippen molar-refractivity contribution in [2.24, 2.45) is 0 Å².